The number of hydrogen-bond acceptors (Lipinski definition) is 4. The minimum absolute atomic E-state index is 0.0956. The Bertz CT molecular complexity index is 944. The van der Waals surface area contributed by atoms with Crippen molar-refractivity contribution in [2.24, 2.45) is 0 Å². The van der Waals surface area contributed by atoms with Crippen molar-refractivity contribution in [3.63, 3.8) is 0 Å². The number of likely N-dealkylation sites (tertiary alicyclic amines) is 1. The summed E-state index contributed by atoms with van der Waals surface area (Å²) in [6.07, 6.45) is 4.60. The maximum atomic E-state index is 13.8. The lowest BCUT2D eigenvalue weighted by atomic mass is 10.1. The zero-order valence-corrected chi connectivity index (χ0v) is 17.1. The first kappa shape index (κ1) is 21.3. The van der Waals surface area contributed by atoms with Crippen LogP contribution in [0.2, 0.25) is 0 Å². The van der Waals surface area contributed by atoms with Crippen LogP contribution in [0.15, 0.2) is 53.4 Å². The van der Waals surface area contributed by atoms with Gasteiger partial charge in [-0.15, -0.1) is 0 Å². The molecule has 0 aliphatic carbocycles. The molecule has 29 heavy (non-hydrogen) atoms. The van der Waals surface area contributed by atoms with E-state index in [0.717, 1.165) is 26.1 Å². The molecule has 0 spiro atoms. The first-order valence-corrected chi connectivity index (χ1v) is 11.3. The molecule has 0 bridgehead atoms. The zero-order chi connectivity index (χ0) is 20.7. The maximum absolute atomic E-state index is 13.8. The van der Waals surface area contributed by atoms with Crippen LogP contribution in [0, 0.1) is 5.82 Å². The Morgan fingerprint density at radius 3 is 2.55 bits per heavy atom. The minimum atomic E-state index is -4.01. The predicted octanol–water partition coefficient (Wildman–Crippen LogP) is 3.23. The van der Waals surface area contributed by atoms with Crippen LogP contribution < -0.4 is 10.0 Å². The Balaban J connectivity index is 1.57. The standard InChI is InChI=1S/C21H26FN3O3S/c22-19-10-2-3-11-20(19)24-29(27,28)18-9-6-8-17(16-18)21(26)23-12-7-15-25-13-4-1-5-14-25/h2-3,6,8-11,16,24H,1,4-5,7,12-15H2,(H,23,26). The predicted molar refractivity (Wildman–Crippen MR) is 111 cm³/mol. The molecule has 0 aromatic heterocycles. The lowest BCUT2D eigenvalue weighted by molar-refractivity contribution is 0.0951. The summed E-state index contributed by atoms with van der Waals surface area (Å²) in [5, 5.41) is 2.84. The number of sulfonamides is 1. The second kappa shape index (κ2) is 9.84. The van der Waals surface area contributed by atoms with Gasteiger partial charge in [0.25, 0.3) is 15.9 Å². The van der Waals surface area contributed by atoms with Gasteiger partial charge in [-0.25, -0.2) is 12.8 Å². The Labute approximate surface area is 171 Å². The van der Waals surface area contributed by atoms with Gasteiger partial charge in [0.05, 0.1) is 10.6 Å². The summed E-state index contributed by atoms with van der Waals surface area (Å²) in [5.74, 6) is -0.995. The number of para-hydroxylation sites is 1. The third-order valence-corrected chi connectivity index (χ3v) is 6.27. The SMILES string of the molecule is O=C(NCCCN1CCCCC1)c1cccc(S(=O)(=O)Nc2ccccc2F)c1. The van der Waals surface area contributed by atoms with Crippen LogP contribution in [0.5, 0.6) is 0 Å². The van der Waals surface area contributed by atoms with E-state index in [1.165, 1.54) is 61.7 Å². The monoisotopic (exact) mass is 419 g/mol. The second-order valence-electron chi connectivity index (χ2n) is 7.12. The molecular weight excluding hydrogens is 393 g/mol. The fraction of sp³-hybridized carbons (Fsp3) is 0.381. The average molecular weight is 420 g/mol. The number of benzene rings is 2. The van der Waals surface area contributed by atoms with E-state index in [1.807, 2.05) is 0 Å². The van der Waals surface area contributed by atoms with Crippen LogP contribution >= 0.6 is 0 Å². The number of rotatable bonds is 8. The number of anilines is 1. The molecular formula is C21H26FN3O3S. The van der Waals surface area contributed by atoms with Crippen molar-refractivity contribution in [2.45, 2.75) is 30.6 Å². The topological polar surface area (TPSA) is 78.5 Å². The summed E-state index contributed by atoms with van der Waals surface area (Å²) in [6, 6.07) is 11.2. The molecule has 156 valence electrons. The van der Waals surface area contributed by atoms with Gasteiger partial charge in [0.1, 0.15) is 5.82 Å². The van der Waals surface area contributed by atoms with E-state index < -0.39 is 15.8 Å². The number of carbonyl (C=O) groups excluding carboxylic acids is 1. The molecule has 0 radical (unpaired) electrons. The van der Waals surface area contributed by atoms with Gasteiger partial charge in [-0.1, -0.05) is 24.6 Å². The lowest BCUT2D eigenvalue weighted by Crippen LogP contribution is -2.33. The molecule has 1 saturated heterocycles. The van der Waals surface area contributed by atoms with E-state index in [1.54, 1.807) is 6.07 Å². The van der Waals surface area contributed by atoms with Crippen LogP contribution in [0.1, 0.15) is 36.0 Å². The quantitative estimate of drug-likeness (QED) is 0.644. The summed E-state index contributed by atoms with van der Waals surface area (Å²) < 4.78 is 41.1. The molecule has 0 atom stereocenters. The second-order valence-corrected chi connectivity index (χ2v) is 8.81. The molecule has 2 N–H and O–H groups in total. The molecule has 2 aromatic rings. The number of carbonyl (C=O) groups is 1. The smallest absolute Gasteiger partial charge is 0.262 e. The third-order valence-electron chi connectivity index (χ3n) is 4.91. The first-order chi connectivity index (χ1) is 14.0. The molecule has 1 aliphatic rings. The molecule has 3 rings (SSSR count). The van der Waals surface area contributed by atoms with Gasteiger partial charge in [0.15, 0.2) is 0 Å². The fourth-order valence-corrected chi connectivity index (χ4v) is 4.45. The van der Waals surface area contributed by atoms with E-state index >= 15 is 0 Å². The summed E-state index contributed by atoms with van der Waals surface area (Å²) in [6.45, 7) is 3.70. The Morgan fingerprint density at radius 1 is 1.03 bits per heavy atom. The number of nitrogens with one attached hydrogen (secondary N) is 2. The van der Waals surface area contributed by atoms with Gasteiger partial charge in [-0.3, -0.25) is 9.52 Å². The van der Waals surface area contributed by atoms with Crippen molar-refractivity contribution in [1.29, 1.82) is 0 Å². The highest BCUT2D eigenvalue weighted by atomic mass is 32.2. The fourth-order valence-electron chi connectivity index (χ4n) is 3.34. The number of nitrogens with zero attached hydrogens (tertiary/aromatic N) is 1. The van der Waals surface area contributed by atoms with Gasteiger partial charge in [-0.2, -0.15) is 0 Å². The van der Waals surface area contributed by atoms with Crippen LogP contribution in [-0.2, 0) is 10.0 Å². The van der Waals surface area contributed by atoms with E-state index in [2.05, 4.69) is 14.9 Å². The molecule has 1 amide bonds. The third kappa shape index (κ3) is 6.01. The number of piperidine rings is 1. The van der Waals surface area contributed by atoms with E-state index in [9.17, 15) is 17.6 Å². The van der Waals surface area contributed by atoms with Crippen molar-refractivity contribution in [2.75, 3.05) is 30.9 Å². The zero-order valence-electron chi connectivity index (χ0n) is 16.2. The van der Waals surface area contributed by atoms with Crippen molar-refractivity contribution in [1.82, 2.24) is 10.2 Å². The van der Waals surface area contributed by atoms with Gasteiger partial charge in [-0.05, 0) is 69.2 Å². The van der Waals surface area contributed by atoms with E-state index in [-0.39, 0.29) is 22.1 Å². The maximum Gasteiger partial charge on any atom is 0.262 e. The molecule has 2 aromatic carbocycles. The molecule has 0 saturated carbocycles. The molecule has 1 aliphatic heterocycles. The lowest BCUT2D eigenvalue weighted by Gasteiger charge is -2.26. The Morgan fingerprint density at radius 2 is 1.79 bits per heavy atom. The number of amides is 1. The van der Waals surface area contributed by atoms with Gasteiger partial charge in [0.2, 0.25) is 0 Å². The van der Waals surface area contributed by atoms with E-state index in [4.69, 9.17) is 0 Å². The highest BCUT2D eigenvalue weighted by Gasteiger charge is 2.18. The molecule has 6 nitrogen and oxygen atoms in total. The molecule has 1 heterocycles. The summed E-state index contributed by atoms with van der Waals surface area (Å²) in [7, 11) is -4.01. The minimum Gasteiger partial charge on any atom is -0.352 e. The normalized spacial score (nSPS) is 15.1. The van der Waals surface area contributed by atoms with Crippen molar-refractivity contribution < 1.29 is 17.6 Å². The van der Waals surface area contributed by atoms with Crippen LogP contribution in [0.3, 0.4) is 0 Å². The van der Waals surface area contributed by atoms with E-state index in [0.29, 0.717) is 6.54 Å². The van der Waals surface area contributed by atoms with Gasteiger partial charge < -0.3 is 10.2 Å². The largest absolute Gasteiger partial charge is 0.352 e. The van der Waals surface area contributed by atoms with Gasteiger partial charge >= 0.3 is 0 Å². The van der Waals surface area contributed by atoms with Crippen molar-refractivity contribution in [3.8, 4) is 0 Å². The van der Waals surface area contributed by atoms with Crippen molar-refractivity contribution in [3.05, 3.63) is 59.9 Å². The average Bonchev–Trinajstić information content (AvgIpc) is 2.73. The summed E-state index contributed by atoms with van der Waals surface area (Å²) in [5.41, 5.74) is 0.111. The van der Waals surface area contributed by atoms with Gasteiger partial charge in [0, 0.05) is 12.1 Å². The Kier molecular flexibility index (Phi) is 7.22. The highest BCUT2D eigenvalue weighted by Crippen LogP contribution is 2.19. The van der Waals surface area contributed by atoms with Crippen LogP contribution in [0.25, 0.3) is 0 Å². The molecule has 8 heteroatoms. The van der Waals surface area contributed by atoms with Crippen LogP contribution in [-0.4, -0.2) is 45.4 Å². The molecule has 0 unspecified atom stereocenters. The van der Waals surface area contributed by atoms with Crippen molar-refractivity contribution >= 4 is 21.6 Å². The molecule has 1 fully saturated rings. The number of hydrogen-bond donors (Lipinski definition) is 2. The van der Waals surface area contributed by atoms with Crippen LogP contribution in [0.4, 0.5) is 10.1 Å². The number of halogens is 1. The summed E-state index contributed by atoms with van der Waals surface area (Å²) in [4.78, 5) is 14.7. The highest BCUT2D eigenvalue weighted by molar-refractivity contribution is 7.92. The summed E-state index contributed by atoms with van der Waals surface area (Å²) >= 11 is 0. The Hall–Kier alpha value is -2.45. The first-order valence-electron chi connectivity index (χ1n) is 9.84.